The van der Waals surface area contributed by atoms with E-state index in [0.29, 0.717) is 6.61 Å². The molecule has 2 saturated heterocycles. The third-order valence-corrected chi connectivity index (χ3v) is 5.45. The predicted octanol–water partition coefficient (Wildman–Crippen LogP) is 3.93. The van der Waals surface area contributed by atoms with Crippen LogP contribution >= 0.6 is 0 Å². The van der Waals surface area contributed by atoms with Gasteiger partial charge in [0.05, 0.1) is 31.5 Å². The second-order valence-electron chi connectivity index (χ2n) is 7.41. The molecule has 0 unspecified atom stereocenters. The number of hydrogen-bond donors (Lipinski definition) is 0. The van der Waals surface area contributed by atoms with Crippen LogP contribution in [0, 0.1) is 6.92 Å². The molecule has 1 spiro atoms. The Morgan fingerprint density at radius 1 is 1.12 bits per heavy atom. The van der Waals surface area contributed by atoms with Gasteiger partial charge in [-0.25, -0.2) is 0 Å². The second kappa shape index (κ2) is 7.32. The number of aryl methyl sites for hydroxylation is 1. The molecule has 0 aliphatic carbocycles. The Morgan fingerprint density at radius 3 is 2.64 bits per heavy atom. The van der Waals surface area contributed by atoms with Crippen LogP contribution in [0.15, 0.2) is 46.9 Å². The smallest absolute Gasteiger partial charge is 0.118 e. The molecule has 4 nitrogen and oxygen atoms in total. The van der Waals surface area contributed by atoms with Crippen molar-refractivity contribution >= 4 is 0 Å². The first-order valence-corrected chi connectivity index (χ1v) is 9.28. The average Bonchev–Trinajstić information content (AvgIpc) is 3.23. The first-order chi connectivity index (χ1) is 12.2. The number of hydrogen-bond acceptors (Lipinski definition) is 4. The Balaban J connectivity index is 1.24. The summed E-state index contributed by atoms with van der Waals surface area (Å²) in [5.74, 6) is 2.05. The zero-order valence-electron chi connectivity index (χ0n) is 14.9. The van der Waals surface area contributed by atoms with Gasteiger partial charge in [0.1, 0.15) is 11.5 Å². The zero-order valence-corrected chi connectivity index (χ0v) is 14.9. The number of furan rings is 1. The number of piperidine rings is 1. The van der Waals surface area contributed by atoms with E-state index in [1.54, 1.807) is 0 Å². The summed E-state index contributed by atoms with van der Waals surface area (Å²) in [5, 5.41) is 0. The van der Waals surface area contributed by atoms with Crippen molar-refractivity contribution in [1.29, 1.82) is 0 Å². The van der Waals surface area contributed by atoms with E-state index in [4.69, 9.17) is 13.9 Å². The van der Waals surface area contributed by atoms with Gasteiger partial charge in [0.15, 0.2) is 0 Å². The highest BCUT2D eigenvalue weighted by Crippen LogP contribution is 2.37. The van der Waals surface area contributed by atoms with Crippen molar-refractivity contribution in [3.63, 3.8) is 0 Å². The van der Waals surface area contributed by atoms with Crippen LogP contribution < -0.4 is 0 Å². The van der Waals surface area contributed by atoms with Crippen LogP contribution in [0.5, 0.6) is 0 Å². The Kier molecular flexibility index (Phi) is 4.93. The maximum absolute atomic E-state index is 6.21. The van der Waals surface area contributed by atoms with Gasteiger partial charge < -0.3 is 13.9 Å². The lowest BCUT2D eigenvalue weighted by molar-refractivity contribution is -0.0476. The molecule has 0 radical (unpaired) electrons. The van der Waals surface area contributed by atoms with Crippen molar-refractivity contribution in [2.75, 3.05) is 19.7 Å². The van der Waals surface area contributed by atoms with E-state index in [1.165, 1.54) is 5.56 Å². The molecule has 1 aromatic carbocycles. The third kappa shape index (κ3) is 4.14. The average molecular weight is 341 g/mol. The van der Waals surface area contributed by atoms with E-state index >= 15 is 0 Å². The standard InChI is InChI=1S/C21H27NO3/c1-17-7-8-19(25-17)14-22-11-9-21(10-12-22)13-20(16-24-21)23-15-18-5-3-2-4-6-18/h2-8,20H,9-16H2,1H3/t20-/m1/s1. The number of benzene rings is 1. The minimum absolute atomic E-state index is 0.0247. The molecule has 2 aromatic rings. The summed E-state index contributed by atoms with van der Waals surface area (Å²) in [4.78, 5) is 2.46. The van der Waals surface area contributed by atoms with Crippen LogP contribution in [0.25, 0.3) is 0 Å². The molecular weight excluding hydrogens is 314 g/mol. The minimum Gasteiger partial charge on any atom is -0.465 e. The quantitative estimate of drug-likeness (QED) is 0.825. The maximum atomic E-state index is 6.21. The Labute approximate surface area is 149 Å². The molecule has 1 aromatic heterocycles. The van der Waals surface area contributed by atoms with Crippen LogP contribution in [0.2, 0.25) is 0 Å². The van der Waals surface area contributed by atoms with Crippen molar-refractivity contribution in [2.24, 2.45) is 0 Å². The van der Waals surface area contributed by atoms with Gasteiger partial charge >= 0.3 is 0 Å². The van der Waals surface area contributed by atoms with Crippen LogP contribution in [0.3, 0.4) is 0 Å². The fourth-order valence-electron chi connectivity index (χ4n) is 3.96. The number of likely N-dealkylation sites (tertiary alicyclic amines) is 1. The third-order valence-electron chi connectivity index (χ3n) is 5.45. The summed E-state index contributed by atoms with van der Waals surface area (Å²) in [7, 11) is 0. The highest BCUT2D eigenvalue weighted by Gasteiger charge is 2.43. The van der Waals surface area contributed by atoms with Crippen LogP contribution in [0.1, 0.15) is 36.3 Å². The molecule has 4 rings (SSSR count). The summed E-state index contributed by atoms with van der Waals surface area (Å²) in [6, 6.07) is 14.5. The first-order valence-electron chi connectivity index (χ1n) is 9.28. The molecule has 3 heterocycles. The number of nitrogens with zero attached hydrogens (tertiary/aromatic N) is 1. The Hall–Kier alpha value is -1.62. The lowest BCUT2D eigenvalue weighted by atomic mass is 9.88. The van der Waals surface area contributed by atoms with E-state index in [0.717, 1.165) is 57.0 Å². The maximum Gasteiger partial charge on any atom is 0.118 e. The van der Waals surface area contributed by atoms with Gasteiger partial charge in [0, 0.05) is 19.5 Å². The van der Waals surface area contributed by atoms with E-state index in [9.17, 15) is 0 Å². The second-order valence-corrected chi connectivity index (χ2v) is 7.41. The molecule has 134 valence electrons. The van der Waals surface area contributed by atoms with Gasteiger partial charge in [-0.15, -0.1) is 0 Å². The van der Waals surface area contributed by atoms with E-state index < -0.39 is 0 Å². The largest absolute Gasteiger partial charge is 0.465 e. The van der Waals surface area contributed by atoms with Gasteiger partial charge in [-0.1, -0.05) is 30.3 Å². The molecule has 2 fully saturated rings. The molecule has 1 atom stereocenters. The monoisotopic (exact) mass is 341 g/mol. The predicted molar refractivity (Wildman–Crippen MR) is 96.3 cm³/mol. The van der Waals surface area contributed by atoms with E-state index in [1.807, 2.05) is 19.1 Å². The minimum atomic E-state index is 0.0247. The van der Waals surface area contributed by atoms with Crippen molar-refractivity contribution < 1.29 is 13.9 Å². The highest BCUT2D eigenvalue weighted by atomic mass is 16.6. The van der Waals surface area contributed by atoms with E-state index in [2.05, 4.69) is 35.2 Å². The normalized spacial score (nSPS) is 23.3. The molecular formula is C21H27NO3. The molecule has 0 bridgehead atoms. The van der Waals surface area contributed by atoms with Gasteiger partial charge in [0.2, 0.25) is 0 Å². The van der Waals surface area contributed by atoms with Crippen LogP contribution in [-0.2, 0) is 22.6 Å². The van der Waals surface area contributed by atoms with Crippen LogP contribution in [-0.4, -0.2) is 36.3 Å². The van der Waals surface area contributed by atoms with Gasteiger partial charge in [-0.3, -0.25) is 4.90 Å². The molecule has 0 N–H and O–H groups in total. The molecule has 2 aliphatic rings. The lowest BCUT2D eigenvalue weighted by Crippen LogP contribution is -2.43. The summed E-state index contributed by atoms with van der Waals surface area (Å²) in [6.07, 6.45) is 3.41. The number of ether oxygens (including phenoxy) is 2. The summed E-state index contributed by atoms with van der Waals surface area (Å²) >= 11 is 0. The first kappa shape index (κ1) is 16.8. The van der Waals surface area contributed by atoms with Crippen molar-refractivity contribution in [1.82, 2.24) is 4.90 Å². The summed E-state index contributed by atoms with van der Waals surface area (Å²) in [5.41, 5.74) is 1.25. The van der Waals surface area contributed by atoms with Crippen LogP contribution in [0.4, 0.5) is 0 Å². The van der Waals surface area contributed by atoms with Crippen molar-refractivity contribution in [3.8, 4) is 0 Å². The fraction of sp³-hybridized carbons (Fsp3) is 0.524. The van der Waals surface area contributed by atoms with Gasteiger partial charge in [0.25, 0.3) is 0 Å². The fourth-order valence-corrected chi connectivity index (χ4v) is 3.96. The van der Waals surface area contributed by atoms with Crippen molar-refractivity contribution in [3.05, 3.63) is 59.5 Å². The molecule has 2 aliphatic heterocycles. The summed E-state index contributed by atoms with van der Waals surface area (Å²) < 4.78 is 18.0. The van der Waals surface area contributed by atoms with Gasteiger partial charge in [-0.2, -0.15) is 0 Å². The number of rotatable bonds is 5. The van der Waals surface area contributed by atoms with Gasteiger partial charge in [-0.05, 0) is 37.5 Å². The summed E-state index contributed by atoms with van der Waals surface area (Å²) in [6.45, 7) is 6.42. The lowest BCUT2D eigenvalue weighted by Gasteiger charge is -2.38. The zero-order chi connectivity index (χ0) is 17.1. The Bertz CT molecular complexity index is 673. The highest BCUT2D eigenvalue weighted by molar-refractivity contribution is 5.13. The molecule has 0 saturated carbocycles. The SMILES string of the molecule is Cc1ccc(CN2CCC3(CC2)C[C@@H](OCc2ccccc2)CO3)o1. The topological polar surface area (TPSA) is 34.8 Å². The molecule has 25 heavy (non-hydrogen) atoms. The van der Waals surface area contributed by atoms with Crippen molar-refractivity contribution in [2.45, 2.75) is 51.0 Å². The Morgan fingerprint density at radius 2 is 1.92 bits per heavy atom. The van der Waals surface area contributed by atoms with E-state index in [-0.39, 0.29) is 11.7 Å². The molecule has 4 heteroatoms. The molecule has 0 amide bonds.